The molecule has 2 aromatic rings. The van der Waals surface area contributed by atoms with Crippen molar-refractivity contribution in [1.82, 2.24) is 4.98 Å². The first kappa shape index (κ1) is 11.7. The van der Waals surface area contributed by atoms with Crippen molar-refractivity contribution in [2.75, 3.05) is 0 Å². The second kappa shape index (κ2) is 5.55. The monoisotopic (exact) mass is 231 g/mol. The Morgan fingerprint density at radius 2 is 1.88 bits per heavy atom. The molecule has 1 heterocycles. The minimum Gasteiger partial charge on any atom is -0.388 e. The number of benzene rings is 1. The lowest BCUT2D eigenvalue weighted by Gasteiger charge is -2.10. The van der Waals surface area contributed by atoms with Crippen LogP contribution in [0.5, 0.6) is 0 Å². The van der Waals surface area contributed by atoms with Crippen molar-refractivity contribution < 1.29 is 9.50 Å². The summed E-state index contributed by atoms with van der Waals surface area (Å²) >= 11 is 0. The SMILES string of the molecule is OC(CCc1ccccn1)c1ccc(F)cc1. The number of aliphatic hydroxyl groups excluding tert-OH is 1. The summed E-state index contributed by atoms with van der Waals surface area (Å²) in [5, 5.41) is 9.92. The van der Waals surface area contributed by atoms with Crippen LogP contribution in [-0.2, 0) is 6.42 Å². The van der Waals surface area contributed by atoms with Crippen molar-refractivity contribution in [2.45, 2.75) is 18.9 Å². The predicted octanol–water partition coefficient (Wildman–Crippen LogP) is 2.89. The van der Waals surface area contributed by atoms with E-state index < -0.39 is 6.10 Å². The highest BCUT2D eigenvalue weighted by molar-refractivity contribution is 5.18. The molecule has 17 heavy (non-hydrogen) atoms. The zero-order chi connectivity index (χ0) is 12.1. The summed E-state index contributed by atoms with van der Waals surface area (Å²) in [4.78, 5) is 4.19. The number of hydrogen-bond donors (Lipinski definition) is 1. The van der Waals surface area contributed by atoms with E-state index in [4.69, 9.17) is 0 Å². The van der Waals surface area contributed by atoms with Crippen molar-refractivity contribution in [1.29, 1.82) is 0 Å². The topological polar surface area (TPSA) is 33.1 Å². The summed E-state index contributed by atoms with van der Waals surface area (Å²) in [7, 11) is 0. The molecule has 0 saturated carbocycles. The Hall–Kier alpha value is -1.74. The van der Waals surface area contributed by atoms with Crippen LogP contribution in [0.15, 0.2) is 48.7 Å². The highest BCUT2D eigenvalue weighted by atomic mass is 19.1. The number of aliphatic hydroxyl groups is 1. The first-order valence-electron chi connectivity index (χ1n) is 5.59. The number of hydrogen-bond acceptors (Lipinski definition) is 2. The van der Waals surface area contributed by atoms with Gasteiger partial charge in [-0.3, -0.25) is 4.98 Å². The molecule has 0 saturated heterocycles. The average molecular weight is 231 g/mol. The number of pyridine rings is 1. The Balaban J connectivity index is 1.93. The number of halogens is 1. The van der Waals surface area contributed by atoms with E-state index in [0.717, 1.165) is 11.3 Å². The summed E-state index contributed by atoms with van der Waals surface area (Å²) in [5.41, 5.74) is 1.69. The van der Waals surface area contributed by atoms with Crippen molar-refractivity contribution in [3.05, 3.63) is 65.7 Å². The zero-order valence-electron chi connectivity index (χ0n) is 9.38. The van der Waals surface area contributed by atoms with Gasteiger partial charge < -0.3 is 5.11 Å². The molecule has 1 aromatic carbocycles. The number of aromatic nitrogens is 1. The Labute approximate surface area is 99.8 Å². The van der Waals surface area contributed by atoms with Gasteiger partial charge in [0.15, 0.2) is 0 Å². The van der Waals surface area contributed by atoms with Crippen LogP contribution in [0.1, 0.15) is 23.8 Å². The predicted molar refractivity (Wildman–Crippen MR) is 63.9 cm³/mol. The Morgan fingerprint density at radius 1 is 1.12 bits per heavy atom. The van der Waals surface area contributed by atoms with E-state index in [-0.39, 0.29) is 5.82 Å². The number of rotatable bonds is 4. The van der Waals surface area contributed by atoms with Crippen LogP contribution in [-0.4, -0.2) is 10.1 Å². The van der Waals surface area contributed by atoms with Gasteiger partial charge in [-0.1, -0.05) is 18.2 Å². The fourth-order valence-electron chi connectivity index (χ4n) is 1.68. The normalized spacial score (nSPS) is 12.4. The Morgan fingerprint density at radius 3 is 2.53 bits per heavy atom. The van der Waals surface area contributed by atoms with E-state index in [0.29, 0.717) is 12.8 Å². The molecule has 1 N–H and O–H groups in total. The lowest BCUT2D eigenvalue weighted by Crippen LogP contribution is -2.00. The summed E-state index contributed by atoms with van der Waals surface area (Å²) in [6.07, 6.45) is 2.46. The molecule has 0 fully saturated rings. The van der Waals surface area contributed by atoms with E-state index in [9.17, 15) is 9.50 Å². The molecule has 0 spiro atoms. The van der Waals surface area contributed by atoms with Gasteiger partial charge in [0.05, 0.1) is 6.10 Å². The molecule has 1 unspecified atom stereocenters. The quantitative estimate of drug-likeness (QED) is 0.877. The van der Waals surface area contributed by atoms with Gasteiger partial charge in [0.1, 0.15) is 5.82 Å². The minimum absolute atomic E-state index is 0.286. The van der Waals surface area contributed by atoms with Crippen molar-refractivity contribution in [3.63, 3.8) is 0 Å². The molecular formula is C14H14FNO. The van der Waals surface area contributed by atoms with E-state index in [2.05, 4.69) is 4.98 Å². The molecule has 0 aliphatic rings. The van der Waals surface area contributed by atoms with Crippen LogP contribution in [0.3, 0.4) is 0 Å². The summed E-state index contributed by atoms with van der Waals surface area (Å²) in [6, 6.07) is 11.7. The first-order valence-corrected chi connectivity index (χ1v) is 5.59. The fourth-order valence-corrected chi connectivity index (χ4v) is 1.68. The largest absolute Gasteiger partial charge is 0.388 e. The maximum Gasteiger partial charge on any atom is 0.123 e. The molecule has 0 aliphatic carbocycles. The van der Waals surface area contributed by atoms with Crippen LogP contribution in [0.2, 0.25) is 0 Å². The van der Waals surface area contributed by atoms with E-state index in [1.165, 1.54) is 12.1 Å². The number of aryl methyl sites for hydroxylation is 1. The van der Waals surface area contributed by atoms with Crippen molar-refractivity contribution in [2.24, 2.45) is 0 Å². The number of nitrogens with zero attached hydrogens (tertiary/aromatic N) is 1. The van der Waals surface area contributed by atoms with E-state index in [1.807, 2.05) is 18.2 Å². The molecule has 1 atom stereocenters. The van der Waals surface area contributed by atoms with Gasteiger partial charge in [0.25, 0.3) is 0 Å². The van der Waals surface area contributed by atoms with Gasteiger partial charge in [-0.05, 0) is 42.7 Å². The smallest absolute Gasteiger partial charge is 0.123 e. The molecule has 0 amide bonds. The second-order valence-corrected chi connectivity index (χ2v) is 3.93. The Kier molecular flexibility index (Phi) is 3.83. The van der Waals surface area contributed by atoms with Crippen LogP contribution in [0.4, 0.5) is 4.39 Å². The van der Waals surface area contributed by atoms with E-state index in [1.54, 1.807) is 18.3 Å². The first-order chi connectivity index (χ1) is 8.25. The van der Waals surface area contributed by atoms with Gasteiger partial charge in [-0.15, -0.1) is 0 Å². The third-order valence-electron chi connectivity index (χ3n) is 2.65. The molecule has 0 aliphatic heterocycles. The summed E-state index contributed by atoms with van der Waals surface area (Å²) in [6.45, 7) is 0. The molecule has 0 bridgehead atoms. The maximum atomic E-state index is 12.7. The highest BCUT2D eigenvalue weighted by Crippen LogP contribution is 2.18. The van der Waals surface area contributed by atoms with Crippen molar-refractivity contribution >= 4 is 0 Å². The molecule has 2 rings (SSSR count). The molecule has 1 aromatic heterocycles. The van der Waals surface area contributed by atoms with Gasteiger partial charge >= 0.3 is 0 Å². The standard InChI is InChI=1S/C14H14FNO/c15-12-6-4-11(5-7-12)14(17)9-8-13-3-1-2-10-16-13/h1-7,10,14,17H,8-9H2. The van der Waals surface area contributed by atoms with Crippen molar-refractivity contribution in [3.8, 4) is 0 Å². The van der Waals surface area contributed by atoms with Gasteiger partial charge in [-0.2, -0.15) is 0 Å². The second-order valence-electron chi connectivity index (χ2n) is 3.93. The van der Waals surface area contributed by atoms with Crippen LogP contribution in [0, 0.1) is 5.82 Å². The zero-order valence-corrected chi connectivity index (χ0v) is 9.38. The van der Waals surface area contributed by atoms with Gasteiger partial charge in [-0.25, -0.2) is 4.39 Å². The van der Waals surface area contributed by atoms with Gasteiger partial charge in [0.2, 0.25) is 0 Å². The molecule has 3 heteroatoms. The van der Waals surface area contributed by atoms with Crippen LogP contribution >= 0.6 is 0 Å². The lowest BCUT2D eigenvalue weighted by atomic mass is 10.0. The molecule has 2 nitrogen and oxygen atoms in total. The lowest BCUT2D eigenvalue weighted by molar-refractivity contribution is 0.167. The third kappa shape index (κ3) is 3.36. The fraction of sp³-hybridized carbons (Fsp3) is 0.214. The molecular weight excluding hydrogens is 217 g/mol. The summed E-state index contributed by atoms with van der Waals surface area (Å²) < 4.78 is 12.7. The Bertz CT molecular complexity index is 455. The minimum atomic E-state index is -0.572. The third-order valence-corrected chi connectivity index (χ3v) is 2.65. The van der Waals surface area contributed by atoms with Gasteiger partial charge in [0, 0.05) is 11.9 Å². The molecule has 88 valence electrons. The maximum absolute atomic E-state index is 12.7. The van der Waals surface area contributed by atoms with E-state index >= 15 is 0 Å². The van der Waals surface area contributed by atoms with Crippen LogP contribution < -0.4 is 0 Å². The molecule has 0 radical (unpaired) electrons. The highest BCUT2D eigenvalue weighted by Gasteiger charge is 2.07. The van der Waals surface area contributed by atoms with Crippen LogP contribution in [0.25, 0.3) is 0 Å². The average Bonchev–Trinajstić information content (AvgIpc) is 2.38. The summed E-state index contributed by atoms with van der Waals surface area (Å²) in [5.74, 6) is -0.286.